The summed E-state index contributed by atoms with van der Waals surface area (Å²) in [6, 6.07) is 15.3. The van der Waals surface area contributed by atoms with E-state index in [0.717, 1.165) is 5.69 Å². The van der Waals surface area contributed by atoms with Crippen molar-refractivity contribution in [2.45, 2.75) is 0 Å². The van der Waals surface area contributed by atoms with Crippen LogP contribution in [0.1, 0.15) is 10.4 Å². The van der Waals surface area contributed by atoms with Gasteiger partial charge < -0.3 is 0 Å². The van der Waals surface area contributed by atoms with Crippen molar-refractivity contribution in [3.05, 3.63) is 60.2 Å². The second-order valence-electron chi connectivity index (χ2n) is 3.37. The molecule has 83 valence electrons. The quantitative estimate of drug-likeness (QED) is 0.735. The summed E-state index contributed by atoms with van der Waals surface area (Å²) >= 11 is 0. The molecule has 17 heavy (non-hydrogen) atoms. The van der Waals surface area contributed by atoms with Gasteiger partial charge in [0.05, 0.1) is 16.9 Å². The third kappa shape index (κ3) is 2.98. The Hall–Kier alpha value is -2.49. The smallest absolute Gasteiger partial charge is 0.242 e. The van der Waals surface area contributed by atoms with Crippen LogP contribution >= 0.6 is 0 Å². The van der Waals surface area contributed by atoms with Crippen LogP contribution in [-0.2, 0) is 5.11 Å². The molecule has 0 aliphatic rings. The zero-order valence-corrected chi connectivity index (χ0v) is 8.91. The molecule has 0 N–H and O–H groups in total. The number of hydrogen-bond donors (Lipinski definition) is 0. The second-order valence-corrected chi connectivity index (χ2v) is 3.37. The van der Waals surface area contributed by atoms with Crippen LogP contribution in [0.25, 0.3) is 0 Å². The largest absolute Gasteiger partial charge is 0.386 e. The Morgan fingerprint density at radius 2 is 1.29 bits per heavy atom. The Labute approximate surface area is 98.3 Å². The Morgan fingerprint density at radius 1 is 0.765 bits per heavy atom. The lowest BCUT2D eigenvalue weighted by Crippen LogP contribution is -1.91. The topological polar surface area (TPSA) is 61.7 Å². The molecule has 0 aromatic heterocycles. The molecule has 0 aliphatic heterocycles. The first-order valence-corrected chi connectivity index (χ1v) is 5.04. The number of rotatable bonds is 3. The first-order chi connectivity index (χ1) is 8.25. The predicted octanol–water partition coefficient (Wildman–Crippen LogP) is 3.67. The minimum Gasteiger partial charge on any atom is -0.242 e. The molecule has 0 atom stereocenters. The normalized spacial score (nSPS) is 10.6. The average molecular weight is 225 g/mol. The predicted molar refractivity (Wildman–Crippen MR) is 62.1 cm³/mol. The molecular weight excluding hydrogens is 216 g/mol. The van der Waals surface area contributed by atoms with Gasteiger partial charge in [-0.1, -0.05) is 18.2 Å². The molecule has 0 saturated carbocycles. The van der Waals surface area contributed by atoms with Crippen LogP contribution in [0.4, 0.5) is 11.4 Å². The summed E-state index contributed by atoms with van der Waals surface area (Å²) < 4.78 is 0. The zero-order chi connectivity index (χ0) is 12.1. The SMILES string of the molecule is [O]C(=O)c1ccc(/N=N/c2ccccc2)cc1. The van der Waals surface area contributed by atoms with Gasteiger partial charge in [-0.25, -0.2) is 9.90 Å². The summed E-state index contributed by atoms with van der Waals surface area (Å²) in [4.78, 5) is 10.5. The van der Waals surface area contributed by atoms with Crippen molar-refractivity contribution in [1.29, 1.82) is 0 Å². The van der Waals surface area contributed by atoms with Gasteiger partial charge in [-0.3, -0.25) is 0 Å². The second kappa shape index (κ2) is 5.03. The van der Waals surface area contributed by atoms with Gasteiger partial charge in [0.2, 0.25) is 0 Å². The molecule has 4 heteroatoms. The highest BCUT2D eigenvalue weighted by Crippen LogP contribution is 2.18. The van der Waals surface area contributed by atoms with E-state index in [4.69, 9.17) is 0 Å². The lowest BCUT2D eigenvalue weighted by molar-refractivity contribution is 0.0573. The minimum absolute atomic E-state index is 0.128. The number of carbonyl (C=O) groups excluding carboxylic acids is 1. The van der Waals surface area contributed by atoms with Crippen molar-refractivity contribution < 1.29 is 9.90 Å². The van der Waals surface area contributed by atoms with Crippen molar-refractivity contribution in [3.8, 4) is 0 Å². The molecule has 0 fully saturated rings. The van der Waals surface area contributed by atoms with E-state index >= 15 is 0 Å². The van der Waals surface area contributed by atoms with E-state index in [1.165, 1.54) is 12.1 Å². The molecule has 0 spiro atoms. The lowest BCUT2D eigenvalue weighted by Gasteiger charge is -1.94. The summed E-state index contributed by atoms with van der Waals surface area (Å²) in [7, 11) is 0. The van der Waals surface area contributed by atoms with Crippen LogP contribution in [0, 0.1) is 0 Å². The van der Waals surface area contributed by atoms with Crippen molar-refractivity contribution in [1.82, 2.24) is 0 Å². The summed E-state index contributed by atoms with van der Waals surface area (Å²) in [5, 5.41) is 18.5. The highest BCUT2D eigenvalue weighted by molar-refractivity contribution is 5.87. The van der Waals surface area contributed by atoms with E-state index in [9.17, 15) is 9.90 Å². The van der Waals surface area contributed by atoms with E-state index < -0.39 is 5.97 Å². The van der Waals surface area contributed by atoms with Gasteiger partial charge in [-0.2, -0.15) is 10.2 Å². The standard InChI is InChI=1S/C13H9N2O2/c16-13(17)10-6-8-12(9-7-10)15-14-11-4-2-1-3-5-11/h1-9H/b15-14+. The lowest BCUT2D eigenvalue weighted by atomic mass is 10.2. The Kier molecular flexibility index (Phi) is 3.25. The maximum Gasteiger partial charge on any atom is 0.386 e. The number of nitrogens with zero attached hydrogens (tertiary/aromatic N) is 2. The molecule has 0 aliphatic carbocycles. The van der Waals surface area contributed by atoms with Gasteiger partial charge in [-0.15, -0.1) is 0 Å². The van der Waals surface area contributed by atoms with E-state index in [2.05, 4.69) is 10.2 Å². The highest BCUT2D eigenvalue weighted by Gasteiger charge is 2.03. The Morgan fingerprint density at radius 3 is 1.82 bits per heavy atom. The fraction of sp³-hybridized carbons (Fsp3) is 0. The van der Waals surface area contributed by atoms with Gasteiger partial charge in [0.25, 0.3) is 0 Å². The van der Waals surface area contributed by atoms with Gasteiger partial charge in [0.15, 0.2) is 0 Å². The molecule has 0 amide bonds. The number of carbonyl (C=O) groups is 1. The van der Waals surface area contributed by atoms with Crippen molar-refractivity contribution in [2.75, 3.05) is 0 Å². The average Bonchev–Trinajstić information content (AvgIpc) is 2.38. The monoisotopic (exact) mass is 225 g/mol. The van der Waals surface area contributed by atoms with Crippen molar-refractivity contribution >= 4 is 17.3 Å². The molecule has 2 aromatic carbocycles. The van der Waals surface area contributed by atoms with Crippen LogP contribution in [0.2, 0.25) is 0 Å². The van der Waals surface area contributed by atoms with E-state index in [-0.39, 0.29) is 5.56 Å². The molecule has 2 rings (SSSR count). The van der Waals surface area contributed by atoms with Crippen LogP contribution in [0.5, 0.6) is 0 Å². The highest BCUT2D eigenvalue weighted by atomic mass is 16.4. The van der Waals surface area contributed by atoms with E-state index in [1.807, 2.05) is 30.3 Å². The first-order valence-electron chi connectivity index (χ1n) is 5.04. The molecule has 4 nitrogen and oxygen atoms in total. The summed E-state index contributed by atoms with van der Waals surface area (Å²) in [6.45, 7) is 0. The van der Waals surface area contributed by atoms with Gasteiger partial charge >= 0.3 is 5.97 Å². The van der Waals surface area contributed by atoms with Gasteiger partial charge in [0.1, 0.15) is 0 Å². The Balaban J connectivity index is 2.14. The zero-order valence-electron chi connectivity index (χ0n) is 8.91. The molecule has 0 bridgehead atoms. The summed E-state index contributed by atoms with van der Waals surface area (Å²) in [6.07, 6.45) is 0. The molecule has 0 heterocycles. The van der Waals surface area contributed by atoms with Crippen LogP contribution in [0.3, 0.4) is 0 Å². The molecule has 1 radical (unpaired) electrons. The number of hydrogen-bond acceptors (Lipinski definition) is 3. The molecule has 2 aromatic rings. The van der Waals surface area contributed by atoms with Crippen LogP contribution in [-0.4, -0.2) is 5.97 Å². The Bertz CT molecular complexity index is 533. The van der Waals surface area contributed by atoms with Crippen LogP contribution < -0.4 is 0 Å². The van der Waals surface area contributed by atoms with E-state index in [1.54, 1.807) is 12.1 Å². The maximum absolute atomic E-state index is 10.5. The minimum atomic E-state index is -1.20. The van der Waals surface area contributed by atoms with E-state index in [0.29, 0.717) is 5.69 Å². The number of azo groups is 1. The first kappa shape index (κ1) is 11.0. The fourth-order valence-corrected chi connectivity index (χ4v) is 1.27. The third-order valence-electron chi connectivity index (χ3n) is 2.14. The van der Waals surface area contributed by atoms with Gasteiger partial charge in [-0.05, 0) is 36.4 Å². The summed E-state index contributed by atoms with van der Waals surface area (Å²) in [5.41, 5.74) is 1.47. The fourth-order valence-electron chi connectivity index (χ4n) is 1.27. The van der Waals surface area contributed by atoms with Crippen molar-refractivity contribution in [2.24, 2.45) is 10.2 Å². The summed E-state index contributed by atoms with van der Waals surface area (Å²) in [5.74, 6) is -1.20. The molecular formula is C13H9N2O2. The maximum atomic E-state index is 10.5. The molecule has 0 unspecified atom stereocenters. The van der Waals surface area contributed by atoms with Gasteiger partial charge in [0, 0.05) is 0 Å². The number of benzene rings is 2. The van der Waals surface area contributed by atoms with Crippen molar-refractivity contribution in [3.63, 3.8) is 0 Å². The molecule has 0 saturated heterocycles. The van der Waals surface area contributed by atoms with Crippen LogP contribution in [0.15, 0.2) is 64.8 Å². The third-order valence-corrected chi connectivity index (χ3v) is 2.14.